The molecule has 1 aliphatic rings. The summed E-state index contributed by atoms with van der Waals surface area (Å²) in [5, 5.41) is 0.295. The van der Waals surface area contributed by atoms with Crippen molar-refractivity contribution < 1.29 is 13.5 Å². The number of rotatable bonds is 2. The van der Waals surface area contributed by atoms with Gasteiger partial charge in [-0.15, -0.1) is 4.40 Å². The second-order valence-corrected chi connectivity index (χ2v) is 7.86. The summed E-state index contributed by atoms with van der Waals surface area (Å²) in [4.78, 5) is 4.02. The molecule has 0 fully saturated rings. The third-order valence-electron chi connectivity index (χ3n) is 3.86. The lowest BCUT2D eigenvalue weighted by Gasteiger charge is -2.31. The highest BCUT2D eigenvalue weighted by atomic mass is 35.5. The Kier molecular flexibility index (Phi) is 4.36. The van der Waals surface area contributed by atoms with E-state index in [0.717, 1.165) is 0 Å². The molecule has 2 heterocycles. The lowest BCUT2D eigenvalue weighted by atomic mass is 9.84. The van der Waals surface area contributed by atoms with Gasteiger partial charge in [0.05, 0.1) is 10.7 Å². The Morgan fingerprint density at radius 3 is 2.58 bits per heavy atom. The van der Waals surface area contributed by atoms with Gasteiger partial charge in [0.25, 0.3) is 0 Å². The van der Waals surface area contributed by atoms with Gasteiger partial charge in [0.15, 0.2) is 0 Å². The van der Waals surface area contributed by atoms with Crippen LogP contribution in [0.2, 0.25) is 10.2 Å². The van der Waals surface area contributed by atoms with E-state index in [1.54, 1.807) is 26.0 Å². The first kappa shape index (κ1) is 17.6. The molecule has 128 valence electrons. The highest BCUT2D eigenvalue weighted by Crippen LogP contribution is 2.49. The van der Waals surface area contributed by atoms with Crippen molar-refractivity contribution in [2.24, 2.45) is 4.40 Å². The molecule has 1 aliphatic heterocycles. The molecule has 9 heteroatoms. The number of aromatic nitrogens is 1. The summed E-state index contributed by atoms with van der Waals surface area (Å²) in [5.74, 6) is -0.611. The van der Waals surface area contributed by atoms with E-state index in [9.17, 15) is 13.5 Å². The quantitative estimate of drug-likeness (QED) is 0.649. The number of benzene rings is 1. The third kappa shape index (κ3) is 3.03. The minimum absolute atomic E-state index is 0.00993. The fraction of sp³-hybridized carbons (Fsp3) is 0.200. The zero-order chi connectivity index (χ0) is 17.7. The molecule has 24 heavy (non-hydrogen) atoms. The fourth-order valence-electron chi connectivity index (χ4n) is 2.65. The predicted molar refractivity (Wildman–Crippen MR) is 95.3 cm³/mol. The average molecular weight is 390 g/mol. The Morgan fingerprint density at radius 2 is 1.96 bits per heavy atom. The molecule has 1 aromatic heterocycles. The zero-order valence-corrected chi connectivity index (χ0v) is 15.0. The van der Waals surface area contributed by atoms with Crippen molar-refractivity contribution in [3.8, 4) is 0 Å². The summed E-state index contributed by atoms with van der Waals surface area (Å²) >= 11 is 11.6. The van der Waals surface area contributed by atoms with E-state index in [4.69, 9.17) is 23.2 Å². The van der Waals surface area contributed by atoms with Crippen LogP contribution in [0.25, 0.3) is 0 Å². The van der Waals surface area contributed by atoms with Gasteiger partial charge in [-0.2, -0.15) is 4.72 Å². The van der Waals surface area contributed by atoms with E-state index in [1.165, 1.54) is 18.3 Å². The van der Waals surface area contributed by atoms with Crippen molar-refractivity contribution in [1.29, 1.82) is 0 Å². The largest absolute Gasteiger partial charge is 0.267 e. The van der Waals surface area contributed by atoms with Crippen molar-refractivity contribution in [3.05, 3.63) is 63.1 Å². The van der Waals surface area contributed by atoms with Crippen molar-refractivity contribution in [3.63, 3.8) is 0 Å². The Labute approximate surface area is 150 Å². The van der Waals surface area contributed by atoms with E-state index in [1.807, 2.05) is 0 Å². The van der Waals surface area contributed by atoms with E-state index in [2.05, 4.69) is 14.1 Å². The Hall–Kier alpha value is -1.22. The van der Waals surface area contributed by atoms with Crippen LogP contribution in [0, 0.1) is 12.7 Å². The molecule has 0 radical (unpaired) electrons. The number of pyridine rings is 1. The molecular formula is C15H14Cl2FN3O2S. The van der Waals surface area contributed by atoms with Crippen molar-refractivity contribution in [2.75, 3.05) is 0 Å². The second kappa shape index (κ2) is 5.94. The molecule has 5 nitrogen and oxygen atoms in total. The van der Waals surface area contributed by atoms with Crippen LogP contribution in [0.3, 0.4) is 0 Å². The first-order chi connectivity index (χ1) is 11.1. The summed E-state index contributed by atoms with van der Waals surface area (Å²) in [5.41, 5.74) is 0.908. The van der Waals surface area contributed by atoms with Gasteiger partial charge in [0, 0.05) is 11.8 Å². The molecule has 1 aromatic carbocycles. The molecule has 0 aliphatic carbocycles. The molecule has 1 unspecified atom stereocenters. The van der Waals surface area contributed by atoms with Gasteiger partial charge in [-0.3, -0.25) is 9.11 Å². The number of hydrogen-bond acceptors (Lipinski definition) is 5. The minimum atomic E-state index is -3.43. The molecule has 0 bridgehead atoms. The van der Waals surface area contributed by atoms with Gasteiger partial charge in [-0.05, 0) is 54.1 Å². The monoisotopic (exact) mass is 389 g/mol. The molecule has 0 saturated heterocycles. The number of halogens is 3. The second-order valence-electron chi connectivity index (χ2n) is 5.64. The first-order valence-electron chi connectivity index (χ1n) is 6.88. The van der Waals surface area contributed by atoms with Crippen LogP contribution in [0.5, 0.6) is 0 Å². The fourth-order valence-corrected chi connectivity index (χ4v) is 4.32. The third-order valence-corrected chi connectivity index (χ3v) is 5.49. The molecular weight excluding hydrogens is 376 g/mol. The lowest BCUT2D eigenvalue weighted by Crippen LogP contribution is -2.42. The average Bonchev–Trinajstić information content (AvgIpc) is 2.74. The van der Waals surface area contributed by atoms with Crippen LogP contribution in [-0.4, -0.2) is 19.8 Å². The van der Waals surface area contributed by atoms with Crippen molar-refractivity contribution >= 4 is 39.9 Å². The SMILES string of the molecule is Cc1cc(Cl)c(F)cc1C1=NS(O)(O)NC1(C)c1ccc(Cl)nc1. The standard InChI is InChI=1S/C15H14Cl2FN3O2S/c1-8-5-11(16)12(18)6-10(8)14-15(2,21-24(22,23)20-14)9-3-4-13(17)19-7-9/h3-7,21-23H,1-2H3. The van der Waals surface area contributed by atoms with Gasteiger partial charge >= 0.3 is 0 Å². The van der Waals surface area contributed by atoms with Crippen LogP contribution in [0.15, 0.2) is 34.9 Å². The maximum absolute atomic E-state index is 14.0. The maximum Gasteiger partial charge on any atom is 0.142 e. The zero-order valence-electron chi connectivity index (χ0n) is 12.7. The molecule has 0 spiro atoms. The van der Waals surface area contributed by atoms with Gasteiger partial charge in [-0.1, -0.05) is 29.3 Å². The predicted octanol–water partition coefficient (Wildman–Crippen LogP) is 4.72. The molecule has 1 atom stereocenters. The van der Waals surface area contributed by atoms with Crippen LogP contribution in [0.1, 0.15) is 23.6 Å². The van der Waals surface area contributed by atoms with Crippen LogP contribution < -0.4 is 4.72 Å². The van der Waals surface area contributed by atoms with Crippen LogP contribution in [-0.2, 0) is 5.54 Å². The van der Waals surface area contributed by atoms with Gasteiger partial charge in [-0.25, -0.2) is 9.37 Å². The smallest absolute Gasteiger partial charge is 0.142 e. The molecule has 3 rings (SSSR count). The summed E-state index contributed by atoms with van der Waals surface area (Å²) in [6.45, 7) is 3.46. The molecule has 3 N–H and O–H groups in total. The topological polar surface area (TPSA) is 77.7 Å². The van der Waals surface area contributed by atoms with E-state index in [-0.39, 0.29) is 5.02 Å². The molecule has 2 aromatic rings. The van der Waals surface area contributed by atoms with E-state index in [0.29, 0.717) is 27.6 Å². The minimum Gasteiger partial charge on any atom is -0.267 e. The van der Waals surface area contributed by atoms with Gasteiger partial charge < -0.3 is 0 Å². The number of hydrogen-bond donors (Lipinski definition) is 3. The van der Waals surface area contributed by atoms with E-state index >= 15 is 0 Å². The van der Waals surface area contributed by atoms with Crippen molar-refractivity contribution in [2.45, 2.75) is 19.4 Å². The Bertz CT molecular complexity index is 845. The highest BCUT2D eigenvalue weighted by Gasteiger charge is 2.45. The number of nitrogens with zero attached hydrogens (tertiary/aromatic N) is 2. The van der Waals surface area contributed by atoms with E-state index < -0.39 is 22.3 Å². The summed E-state index contributed by atoms with van der Waals surface area (Å²) in [7, 11) is -3.43. The normalized spacial score (nSPS) is 23.9. The van der Waals surface area contributed by atoms with Crippen LogP contribution >= 0.6 is 34.2 Å². The number of aryl methyl sites for hydroxylation is 1. The number of nitrogens with one attached hydrogen (secondary N) is 1. The maximum atomic E-state index is 14.0. The van der Waals surface area contributed by atoms with Crippen molar-refractivity contribution in [1.82, 2.24) is 9.71 Å². The highest BCUT2D eigenvalue weighted by molar-refractivity contribution is 8.21. The first-order valence-corrected chi connectivity index (χ1v) is 9.14. The Balaban J connectivity index is 2.19. The molecule has 0 amide bonds. The van der Waals surface area contributed by atoms with Gasteiger partial charge in [0.2, 0.25) is 0 Å². The molecule has 0 saturated carbocycles. The summed E-state index contributed by atoms with van der Waals surface area (Å²) in [6, 6.07) is 5.99. The summed E-state index contributed by atoms with van der Waals surface area (Å²) < 4.78 is 40.8. The Morgan fingerprint density at radius 1 is 1.25 bits per heavy atom. The van der Waals surface area contributed by atoms with Gasteiger partial charge in [0.1, 0.15) is 16.5 Å². The summed E-state index contributed by atoms with van der Waals surface area (Å²) in [6.07, 6.45) is 1.51. The lowest BCUT2D eigenvalue weighted by molar-refractivity contribution is 0.456. The van der Waals surface area contributed by atoms with Crippen LogP contribution in [0.4, 0.5) is 4.39 Å².